The Balaban J connectivity index is -0.000000712. The van der Waals surface area contributed by atoms with Gasteiger partial charge in [-0.1, -0.05) is 64.7 Å². The molecule has 0 rings (SSSR count). The molecule has 0 saturated carbocycles. The minimum atomic E-state index is -0.534. The number of rotatable bonds is 12. The van der Waals surface area contributed by atoms with Gasteiger partial charge in [0, 0.05) is 0 Å². The Labute approximate surface area is 144 Å². The number of ether oxygens (including phenoxy) is 2. The number of carbonyl (C=O) groups is 1. The predicted molar refractivity (Wildman–Crippen MR) is 99.5 cm³/mol. The number of hydrogen-bond acceptors (Lipinski definition) is 5. The highest BCUT2D eigenvalue weighted by atomic mass is 16.7. The van der Waals surface area contributed by atoms with E-state index in [1.54, 1.807) is 6.92 Å². The highest BCUT2D eigenvalue weighted by molar-refractivity contribution is 5.59. The fraction of sp³-hybridized carbons (Fsp3) is 0.944. The fourth-order valence-electron chi connectivity index (χ4n) is 1.90. The van der Waals surface area contributed by atoms with Crippen molar-refractivity contribution in [3.63, 3.8) is 0 Å². The van der Waals surface area contributed by atoms with Crippen LogP contribution < -0.4 is 6.15 Å². The van der Waals surface area contributed by atoms with E-state index in [0.29, 0.717) is 13.2 Å². The van der Waals surface area contributed by atoms with Crippen molar-refractivity contribution >= 4 is 6.16 Å². The van der Waals surface area contributed by atoms with Crippen molar-refractivity contribution in [1.82, 2.24) is 11.1 Å². The molecule has 0 bridgehead atoms. The zero-order valence-corrected chi connectivity index (χ0v) is 16.4. The summed E-state index contributed by atoms with van der Waals surface area (Å²) in [6.45, 7) is 4.91. The third kappa shape index (κ3) is 33.8. The summed E-state index contributed by atoms with van der Waals surface area (Å²) in [5.41, 5.74) is 0. The molecule has 0 radical (unpaired) electrons. The van der Waals surface area contributed by atoms with Gasteiger partial charge in [-0.2, -0.15) is 0 Å². The van der Waals surface area contributed by atoms with Gasteiger partial charge in [0.2, 0.25) is 0 Å². The van der Waals surface area contributed by atoms with Crippen molar-refractivity contribution in [3.8, 4) is 0 Å². The van der Waals surface area contributed by atoms with Gasteiger partial charge in [0.25, 0.3) is 0 Å². The maximum Gasteiger partial charge on any atom is 0.508 e. The fourth-order valence-corrected chi connectivity index (χ4v) is 1.90. The Bertz CT molecular complexity index is 222. The van der Waals surface area contributed by atoms with Crippen LogP contribution in [0.3, 0.4) is 0 Å². The molecule has 0 spiro atoms. The highest BCUT2D eigenvalue weighted by Crippen LogP contribution is 2.10. The van der Waals surface area contributed by atoms with Crippen molar-refractivity contribution in [2.75, 3.05) is 34.4 Å². The van der Waals surface area contributed by atoms with Crippen molar-refractivity contribution in [1.29, 1.82) is 0 Å². The average Bonchev–Trinajstić information content (AvgIpc) is 2.44. The third-order valence-corrected chi connectivity index (χ3v) is 2.98. The number of nitrogens with zero attached hydrogens (tertiary/aromatic N) is 1. The molecular weight excluding hydrogens is 292 g/mol. The molecular formula is C18H42N2O3. The molecule has 0 aliphatic carbocycles. The lowest BCUT2D eigenvalue weighted by atomic mass is 10.1. The number of hydrogen-bond donors (Lipinski definition) is 1. The molecule has 0 saturated heterocycles. The maximum atomic E-state index is 10.9. The molecule has 5 heteroatoms. The van der Waals surface area contributed by atoms with Crippen molar-refractivity contribution in [2.45, 2.75) is 78.1 Å². The first-order valence-corrected chi connectivity index (χ1v) is 8.95. The Morgan fingerprint density at radius 3 is 1.52 bits per heavy atom. The van der Waals surface area contributed by atoms with E-state index in [9.17, 15) is 4.79 Å². The lowest BCUT2D eigenvalue weighted by molar-refractivity contribution is 0.0578. The van der Waals surface area contributed by atoms with Gasteiger partial charge in [0.1, 0.15) is 0 Å². The second-order valence-electron chi connectivity index (χ2n) is 6.06. The van der Waals surface area contributed by atoms with Gasteiger partial charge in [0.05, 0.1) is 13.2 Å². The Morgan fingerprint density at radius 2 is 1.13 bits per heavy atom. The Hall–Kier alpha value is -0.810. The van der Waals surface area contributed by atoms with E-state index in [4.69, 9.17) is 4.74 Å². The molecule has 0 unspecified atom stereocenters. The number of unbranched alkanes of at least 4 members (excludes halogenated alkanes) is 9. The van der Waals surface area contributed by atoms with Gasteiger partial charge in [-0.05, 0) is 34.5 Å². The minimum absolute atomic E-state index is 0. The molecule has 0 fully saturated rings. The second-order valence-corrected chi connectivity index (χ2v) is 6.06. The second kappa shape index (κ2) is 23.5. The first-order valence-electron chi connectivity index (χ1n) is 8.95. The molecule has 0 aromatic carbocycles. The summed E-state index contributed by atoms with van der Waals surface area (Å²) >= 11 is 0. The van der Waals surface area contributed by atoms with Crippen molar-refractivity contribution in [3.05, 3.63) is 0 Å². The van der Waals surface area contributed by atoms with E-state index in [1.165, 1.54) is 51.4 Å². The Morgan fingerprint density at radius 1 is 0.739 bits per heavy atom. The number of carbonyl (C=O) groups excluding carboxylic acids is 1. The monoisotopic (exact) mass is 334 g/mol. The van der Waals surface area contributed by atoms with E-state index >= 15 is 0 Å². The molecule has 0 aliphatic heterocycles. The molecule has 0 heterocycles. The SMILES string of the molecule is CCCCCCCCCCCCOC(=O)OCC.CN(C)C.N. The molecule has 0 atom stereocenters. The van der Waals surface area contributed by atoms with Gasteiger partial charge in [-0.15, -0.1) is 0 Å². The van der Waals surface area contributed by atoms with E-state index in [2.05, 4.69) is 11.7 Å². The quantitative estimate of drug-likeness (QED) is 0.381. The summed E-state index contributed by atoms with van der Waals surface area (Å²) in [5.74, 6) is 0. The minimum Gasteiger partial charge on any atom is -0.435 e. The van der Waals surface area contributed by atoms with Crippen LogP contribution in [0.15, 0.2) is 0 Å². The standard InChI is InChI=1S/C15H30O3.C3H9N.H3N/c1-3-5-6-7-8-9-10-11-12-13-14-18-15(16)17-4-2;1-4(2)3;/h3-14H2,1-2H3;1-3H3;1H3. The Kier molecular flexibility index (Phi) is 27.6. The van der Waals surface area contributed by atoms with Crippen LogP contribution >= 0.6 is 0 Å². The summed E-state index contributed by atoms with van der Waals surface area (Å²) in [5, 5.41) is 0. The van der Waals surface area contributed by atoms with E-state index in [-0.39, 0.29) is 6.15 Å². The van der Waals surface area contributed by atoms with E-state index < -0.39 is 6.16 Å². The lowest BCUT2D eigenvalue weighted by Crippen LogP contribution is -2.07. The maximum absolute atomic E-state index is 10.9. The van der Waals surface area contributed by atoms with Crippen LogP contribution in [-0.4, -0.2) is 45.4 Å². The molecule has 5 nitrogen and oxygen atoms in total. The van der Waals surface area contributed by atoms with Gasteiger partial charge in [-0.3, -0.25) is 0 Å². The normalized spacial score (nSPS) is 9.65. The summed E-state index contributed by atoms with van der Waals surface area (Å²) in [6.07, 6.45) is 12.3. The predicted octanol–water partition coefficient (Wildman–Crippen LogP) is 5.42. The van der Waals surface area contributed by atoms with Crippen LogP contribution in [0.4, 0.5) is 4.79 Å². The molecule has 0 aromatic heterocycles. The van der Waals surface area contributed by atoms with Crippen LogP contribution in [0.25, 0.3) is 0 Å². The summed E-state index contributed by atoms with van der Waals surface area (Å²) in [7, 11) is 6.00. The summed E-state index contributed by atoms with van der Waals surface area (Å²) < 4.78 is 9.57. The van der Waals surface area contributed by atoms with Crippen LogP contribution in [0.5, 0.6) is 0 Å². The van der Waals surface area contributed by atoms with Crippen LogP contribution in [0, 0.1) is 0 Å². The highest BCUT2D eigenvalue weighted by Gasteiger charge is 2.00. The van der Waals surface area contributed by atoms with E-state index in [0.717, 1.165) is 12.8 Å². The molecule has 0 amide bonds. The van der Waals surface area contributed by atoms with Crippen LogP contribution in [0.1, 0.15) is 78.1 Å². The zero-order chi connectivity index (χ0) is 17.1. The van der Waals surface area contributed by atoms with E-state index in [1.807, 2.05) is 26.0 Å². The topological polar surface area (TPSA) is 73.8 Å². The molecule has 0 aliphatic rings. The third-order valence-electron chi connectivity index (χ3n) is 2.98. The molecule has 0 aromatic rings. The first-order chi connectivity index (χ1) is 10.5. The zero-order valence-electron chi connectivity index (χ0n) is 16.4. The van der Waals surface area contributed by atoms with Gasteiger partial charge in [0.15, 0.2) is 0 Å². The average molecular weight is 335 g/mol. The lowest BCUT2D eigenvalue weighted by Gasteiger charge is -2.04. The smallest absolute Gasteiger partial charge is 0.435 e. The van der Waals surface area contributed by atoms with Gasteiger partial charge < -0.3 is 20.5 Å². The van der Waals surface area contributed by atoms with Gasteiger partial charge >= 0.3 is 6.16 Å². The summed E-state index contributed by atoms with van der Waals surface area (Å²) in [4.78, 5) is 12.9. The molecule has 142 valence electrons. The van der Waals surface area contributed by atoms with Crippen molar-refractivity contribution in [2.24, 2.45) is 0 Å². The largest absolute Gasteiger partial charge is 0.508 e. The first kappa shape index (κ1) is 27.1. The van der Waals surface area contributed by atoms with Crippen LogP contribution in [0.2, 0.25) is 0 Å². The van der Waals surface area contributed by atoms with Crippen LogP contribution in [-0.2, 0) is 9.47 Å². The van der Waals surface area contributed by atoms with Gasteiger partial charge in [-0.25, -0.2) is 4.79 Å². The molecule has 3 N–H and O–H groups in total. The van der Waals surface area contributed by atoms with Crippen molar-refractivity contribution < 1.29 is 14.3 Å². The summed E-state index contributed by atoms with van der Waals surface area (Å²) in [6, 6.07) is 0. The molecule has 23 heavy (non-hydrogen) atoms.